The van der Waals surface area contributed by atoms with Crippen molar-refractivity contribution in [3.63, 3.8) is 0 Å². The van der Waals surface area contributed by atoms with Gasteiger partial charge in [-0.2, -0.15) is 0 Å². The molecule has 1 fully saturated rings. The standard InChI is InChI=1S/C24H24F2N4O4/c1-14-21(23(32)30(13-33-3)15(2)28-14)34-12-24(16-5-4-6-17(25)9-16)10-19(24)22(31)29-20-8-7-18(26)11-27-20/h4-9,11,19H,10,12-13H2,1-3H3,(H,27,29,31)/t19-,24+/m0/s1. The van der Waals surface area contributed by atoms with Crippen LogP contribution in [0.15, 0.2) is 47.4 Å². The molecule has 0 unspecified atom stereocenters. The van der Waals surface area contributed by atoms with Crippen molar-refractivity contribution in [2.45, 2.75) is 32.4 Å². The summed E-state index contributed by atoms with van der Waals surface area (Å²) in [6.07, 6.45) is 1.37. The van der Waals surface area contributed by atoms with Crippen molar-refractivity contribution in [1.82, 2.24) is 14.5 Å². The fraction of sp³-hybridized carbons (Fsp3) is 0.333. The molecule has 2 heterocycles. The molecule has 0 saturated heterocycles. The molecular formula is C24H24F2N4O4. The lowest BCUT2D eigenvalue weighted by Crippen LogP contribution is -2.31. The summed E-state index contributed by atoms with van der Waals surface area (Å²) in [5, 5.41) is 2.66. The van der Waals surface area contributed by atoms with E-state index >= 15 is 0 Å². The van der Waals surface area contributed by atoms with Gasteiger partial charge in [0, 0.05) is 12.5 Å². The number of aryl methyl sites for hydroxylation is 2. The van der Waals surface area contributed by atoms with Crippen LogP contribution in [-0.4, -0.2) is 34.2 Å². The molecule has 1 amide bonds. The minimum absolute atomic E-state index is 0.0129. The number of anilines is 1. The molecule has 1 saturated carbocycles. The van der Waals surface area contributed by atoms with Gasteiger partial charge in [0.05, 0.1) is 24.4 Å². The Bertz CT molecular complexity index is 1280. The molecule has 0 bridgehead atoms. The predicted molar refractivity (Wildman–Crippen MR) is 119 cm³/mol. The van der Waals surface area contributed by atoms with Crippen LogP contribution in [0.4, 0.5) is 14.6 Å². The molecule has 1 aliphatic rings. The number of ether oxygens (including phenoxy) is 2. The van der Waals surface area contributed by atoms with Gasteiger partial charge in [-0.1, -0.05) is 12.1 Å². The first-order chi connectivity index (χ1) is 16.2. The number of rotatable bonds is 8. The second-order valence-electron chi connectivity index (χ2n) is 8.29. The Morgan fingerprint density at radius 2 is 2.03 bits per heavy atom. The van der Waals surface area contributed by atoms with E-state index in [1.807, 2.05) is 0 Å². The van der Waals surface area contributed by atoms with Crippen molar-refractivity contribution in [2.24, 2.45) is 5.92 Å². The highest BCUT2D eigenvalue weighted by molar-refractivity contribution is 5.95. The number of benzene rings is 1. The molecule has 0 radical (unpaired) electrons. The molecule has 34 heavy (non-hydrogen) atoms. The van der Waals surface area contributed by atoms with Gasteiger partial charge in [0.1, 0.15) is 30.0 Å². The van der Waals surface area contributed by atoms with Gasteiger partial charge in [-0.25, -0.2) is 18.7 Å². The van der Waals surface area contributed by atoms with Gasteiger partial charge in [0.25, 0.3) is 5.56 Å². The summed E-state index contributed by atoms with van der Waals surface area (Å²) in [7, 11) is 1.47. The average molecular weight is 470 g/mol. The maximum absolute atomic E-state index is 14.0. The van der Waals surface area contributed by atoms with Crippen LogP contribution in [0, 0.1) is 31.4 Å². The van der Waals surface area contributed by atoms with Gasteiger partial charge in [0.2, 0.25) is 11.7 Å². The van der Waals surface area contributed by atoms with Crippen LogP contribution in [0.2, 0.25) is 0 Å². The fourth-order valence-corrected chi connectivity index (χ4v) is 4.10. The highest BCUT2D eigenvalue weighted by Gasteiger charge is 2.60. The second kappa shape index (κ2) is 9.30. The zero-order valence-electron chi connectivity index (χ0n) is 19.0. The Hall–Kier alpha value is -3.66. The molecular weight excluding hydrogens is 446 g/mol. The quantitative estimate of drug-likeness (QED) is 0.544. The maximum Gasteiger partial charge on any atom is 0.298 e. The lowest BCUT2D eigenvalue weighted by atomic mass is 9.93. The van der Waals surface area contributed by atoms with Crippen molar-refractivity contribution in [2.75, 3.05) is 19.0 Å². The van der Waals surface area contributed by atoms with E-state index in [0.29, 0.717) is 23.5 Å². The maximum atomic E-state index is 14.0. The van der Waals surface area contributed by atoms with E-state index < -0.39 is 28.5 Å². The second-order valence-corrected chi connectivity index (χ2v) is 8.29. The summed E-state index contributed by atoms with van der Waals surface area (Å²) >= 11 is 0. The Labute approximate surface area is 194 Å². The third-order valence-corrected chi connectivity index (χ3v) is 5.99. The number of hydrogen-bond donors (Lipinski definition) is 1. The molecule has 0 aliphatic heterocycles. The first kappa shape index (κ1) is 23.5. The summed E-state index contributed by atoms with van der Waals surface area (Å²) in [6.45, 7) is 3.32. The van der Waals surface area contributed by atoms with Crippen LogP contribution >= 0.6 is 0 Å². The first-order valence-electron chi connectivity index (χ1n) is 10.6. The first-order valence-corrected chi connectivity index (χ1v) is 10.6. The van der Waals surface area contributed by atoms with Crippen molar-refractivity contribution in [3.8, 4) is 5.75 Å². The smallest absolute Gasteiger partial charge is 0.298 e. The number of nitrogens with zero attached hydrogens (tertiary/aromatic N) is 3. The van der Waals surface area contributed by atoms with Crippen LogP contribution in [0.1, 0.15) is 23.5 Å². The Morgan fingerprint density at radius 3 is 2.71 bits per heavy atom. The largest absolute Gasteiger partial charge is 0.486 e. The fourth-order valence-electron chi connectivity index (χ4n) is 4.10. The third-order valence-electron chi connectivity index (χ3n) is 5.99. The van der Waals surface area contributed by atoms with E-state index in [1.54, 1.807) is 26.0 Å². The van der Waals surface area contributed by atoms with Gasteiger partial charge in [-0.15, -0.1) is 0 Å². The van der Waals surface area contributed by atoms with Gasteiger partial charge >= 0.3 is 0 Å². The molecule has 1 aliphatic carbocycles. The molecule has 0 spiro atoms. The predicted octanol–water partition coefficient (Wildman–Crippen LogP) is 3.11. The molecule has 1 aromatic carbocycles. The van der Waals surface area contributed by atoms with Crippen molar-refractivity contribution >= 4 is 11.7 Å². The number of carbonyl (C=O) groups excluding carboxylic acids is 1. The van der Waals surface area contributed by atoms with E-state index in [-0.39, 0.29) is 30.8 Å². The Morgan fingerprint density at radius 1 is 1.24 bits per heavy atom. The van der Waals surface area contributed by atoms with Gasteiger partial charge < -0.3 is 14.8 Å². The minimum Gasteiger partial charge on any atom is -0.486 e. The summed E-state index contributed by atoms with van der Waals surface area (Å²) in [4.78, 5) is 34.1. The zero-order chi connectivity index (χ0) is 24.5. The number of nitrogens with one attached hydrogen (secondary N) is 1. The summed E-state index contributed by atoms with van der Waals surface area (Å²) in [6, 6.07) is 8.50. The highest BCUT2D eigenvalue weighted by Crippen LogP contribution is 2.55. The number of halogens is 2. The summed E-state index contributed by atoms with van der Waals surface area (Å²) < 4.78 is 39.6. The van der Waals surface area contributed by atoms with E-state index in [2.05, 4.69) is 15.3 Å². The van der Waals surface area contributed by atoms with E-state index in [4.69, 9.17) is 9.47 Å². The monoisotopic (exact) mass is 470 g/mol. The van der Waals surface area contributed by atoms with E-state index in [9.17, 15) is 18.4 Å². The molecule has 2 atom stereocenters. The number of carbonyl (C=O) groups is 1. The molecule has 8 nitrogen and oxygen atoms in total. The normalized spacial score (nSPS) is 19.0. The Balaban J connectivity index is 1.62. The summed E-state index contributed by atoms with van der Waals surface area (Å²) in [5.41, 5.74) is -0.281. The summed E-state index contributed by atoms with van der Waals surface area (Å²) in [5.74, 6) is -1.17. The number of pyridine rings is 1. The molecule has 10 heteroatoms. The lowest BCUT2D eigenvalue weighted by Gasteiger charge is -2.20. The van der Waals surface area contributed by atoms with E-state index in [0.717, 1.165) is 6.20 Å². The SMILES string of the molecule is COCn1c(C)nc(C)c(OC[C@@]2(c3cccc(F)c3)C[C@H]2C(=O)Nc2ccc(F)cn2)c1=O. The van der Waals surface area contributed by atoms with Crippen molar-refractivity contribution < 1.29 is 23.0 Å². The van der Waals surface area contributed by atoms with Gasteiger partial charge in [0.15, 0.2) is 0 Å². The van der Waals surface area contributed by atoms with Crippen LogP contribution in [-0.2, 0) is 21.7 Å². The van der Waals surface area contributed by atoms with Crippen LogP contribution < -0.4 is 15.6 Å². The Kier molecular flexibility index (Phi) is 6.43. The van der Waals surface area contributed by atoms with Crippen LogP contribution in [0.5, 0.6) is 5.75 Å². The minimum atomic E-state index is -0.859. The topological polar surface area (TPSA) is 95.3 Å². The van der Waals surface area contributed by atoms with Gasteiger partial charge in [-0.05, 0) is 50.1 Å². The molecule has 1 N–H and O–H groups in total. The highest BCUT2D eigenvalue weighted by atomic mass is 19.1. The molecule has 4 rings (SSSR count). The van der Waals surface area contributed by atoms with Gasteiger partial charge in [-0.3, -0.25) is 14.2 Å². The molecule has 2 aromatic heterocycles. The van der Waals surface area contributed by atoms with Crippen molar-refractivity contribution in [1.29, 1.82) is 0 Å². The number of hydrogen-bond acceptors (Lipinski definition) is 6. The lowest BCUT2D eigenvalue weighted by molar-refractivity contribution is -0.117. The average Bonchev–Trinajstić information content (AvgIpc) is 3.54. The van der Waals surface area contributed by atoms with Crippen LogP contribution in [0.3, 0.4) is 0 Å². The zero-order valence-corrected chi connectivity index (χ0v) is 19.0. The molecule has 3 aromatic rings. The van der Waals surface area contributed by atoms with Crippen molar-refractivity contribution in [3.05, 3.63) is 81.7 Å². The number of aromatic nitrogens is 3. The number of methoxy groups -OCH3 is 1. The molecule has 178 valence electrons. The third kappa shape index (κ3) is 4.54. The number of amides is 1. The van der Waals surface area contributed by atoms with E-state index in [1.165, 1.54) is 35.9 Å². The van der Waals surface area contributed by atoms with Crippen LogP contribution in [0.25, 0.3) is 0 Å².